The van der Waals surface area contributed by atoms with Crippen LogP contribution in [-0.2, 0) is 28.6 Å². The fourth-order valence-corrected chi connectivity index (χ4v) is 6.91. The van der Waals surface area contributed by atoms with E-state index in [0.29, 0.717) is 19.3 Å². The molecule has 1 atom stereocenters. The molecule has 0 spiro atoms. The number of carbonyl (C=O) groups is 3. The topological polar surface area (TPSA) is 78.9 Å². The highest BCUT2D eigenvalue weighted by Gasteiger charge is 2.19. The van der Waals surface area contributed by atoms with E-state index in [1.54, 1.807) is 0 Å². The summed E-state index contributed by atoms with van der Waals surface area (Å²) in [5.74, 6) is -1.01. The quantitative estimate of drug-likeness (QED) is 0.0199. The molecule has 0 rings (SSSR count). The van der Waals surface area contributed by atoms with Crippen LogP contribution in [0.1, 0.15) is 213 Å². The van der Waals surface area contributed by atoms with Gasteiger partial charge >= 0.3 is 17.9 Å². The third kappa shape index (κ3) is 54.1. The maximum absolute atomic E-state index is 12.8. The van der Waals surface area contributed by atoms with Crippen molar-refractivity contribution in [3.8, 4) is 0 Å². The van der Waals surface area contributed by atoms with Crippen LogP contribution in [0.15, 0.2) is 146 Å². The SMILES string of the molecule is CC\C=C/C=C\C=C/C=C\CCCCCCCC(=O)OCC(COC(=O)CCCCCCCCCCC/C=C\C/C=C\C/C=C\CC)OC(=O)CCC/C=C\C/C=C\C/C=C\C/C=C\C/C=C\CC. The number of unbranched alkanes of at least 4 members (excludes halogenated alkanes) is 15. The second-order valence-corrected chi connectivity index (χ2v) is 17.4. The second kappa shape index (κ2) is 55.9. The van der Waals surface area contributed by atoms with Gasteiger partial charge in [-0.2, -0.15) is 0 Å². The maximum atomic E-state index is 12.8. The van der Waals surface area contributed by atoms with E-state index < -0.39 is 6.10 Å². The van der Waals surface area contributed by atoms with E-state index in [9.17, 15) is 14.4 Å². The first-order valence-electron chi connectivity index (χ1n) is 27.4. The first kappa shape index (κ1) is 64.3. The van der Waals surface area contributed by atoms with Gasteiger partial charge in [0.05, 0.1) is 0 Å². The molecular weight excluding hydrogens is 853 g/mol. The van der Waals surface area contributed by atoms with Gasteiger partial charge in [-0.15, -0.1) is 0 Å². The van der Waals surface area contributed by atoms with Crippen molar-refractivity contribution in [1.82, 2.24) is 0 Å². The molecule has 6 heteroatoms. The van der Waals surface area contributed by atoms with Crippen molar-refractivity contribution >= 4 is 17.9 Å². The zero-order chi connectivity index (χ0) is 50.0. The first-order valence-corrected chi connectivity index (χ1v) is 27.4. The van der Waals surface area contributed by atoms with E-state index in [-0.39, 0.29) is 37.5 Å². The molecular formula is C63H98O6. The van der Waals surface area contributed by atoms with Crippen LogP contribution in [0.4, 0.5) is 0 Å². The normalized spacial score (nSPS) is 13.3. The zero-order valence-corrected chi connectivity index (χ0v) is 44.0. The van der Waals surface area contributed by atoms with Crippen LogP contribution in [0.25, 0.3) is 0 Å². The minimum atomic E-state index is -0.827. The molecule has 6 nitrogen and oxygen atoms in total. The Hall–Kier alpha value is -4.71. The molecule has 1 unspecified atom stereocenters. The van der Waals surface area contributed by atoms with Gasteiger partial charge in [0, 0.05) is 19.3 Å². The fraction of sp³-hybridized carbons (Fsp3) is 0.571. The Labute approximate surface area is 423 Å². The summed E-state index contributed by atoms with van der Waals surface area (Å²) in [5, 5.41) is 0. The highest BCUT2D eigenvalue weighted by atomic mass is 16.6. The van der Waals surface area contributed by atoms with Gasteiger partial charge in [-0.25, -0.2) is 0 Å². The number of hydrogen-bond donors (Lipinski definition) is 0. The smallest absolute Gasteiger partial charge is 0.306 e. The summed E-state index contributed by atoms with van der Waals surface area (Å²) in [6, 6.07) is 0. The summed E-state index contributed by atoms with van der Waals surface area (Å²) in [5.41, 5.74) is 0. The summed E-state index contributed by atoms with van der Waals surface area (Å²) in [7, 11) is 0. The summed E-state index contributed by atoms with van der Waals surface area (Å²) >= 11 is 0. The Bertz CT molecular complexity index is 1560. The molecule has 0 saturated carbocycles. The molecule has 0 heterocycles. The van der Waals surface area contributed by atoms with E-state index in [1.165, 1.54) is 38.5 Å². The molecule has 0 aromatic heterocycles. The fourth-order valence-electron chi connectivity index (χ4n) is 6.91. The highest BCUT2D eigenvalue weighted by molar-refractivity contribution is 5.71. The zero-order valence-electron chi connectivity index (χ0n) is 44.0. The van der Waals surface area contributed by atoms with Gasteiger partial charge in [-0.05, 0) is 109 Å². The van der Waals surface area contributed by atoms with Crippen LogP contribution in [-0.4, -0.2) is 37.2 Å². The number of ether oxygens (including phenoxy) is 3. The van der Waals surface area contributed by atoms with Gasteiger partial charge in [0.1, 0.15) is 13.2 Å². The molecule has 0 aromatic rings. The van der Waals surface area contributed by atoms with Crippen molar-refractivity contribution in [2.75, 3.05) is 13.2 Å². The van der Waals surface area contributed by atoms with Gasteiger partial charge in [-0.1, -0.05) is 231 Å². The Balaban J connectivity index is 4.54. The Morgan fingerprint density at radius 3 is 1.03 bits per heavy atom. The van der Waals surface area contributed by atoms with Gasteiger partial charge in [0.25, 0.3) is 0 Å². The first-order chi connectivity index (χ1) is 34.0. The predicted molar refractivity (Wildman–Crippen MR) is 297 cm³/mol. The van der Waals surface area contributed by atoms with Gasteiger partial charge in [0.15, 0.2) is 6.10 Å². The molecule has 0 aromatic carbocycles. The third-order valence-corrected chi connectivity index (χ3v) is 10.9. The van der Waals surface area contributed by atoms with Crippen LogP contribution in [0.5, 0.6) is 0 Å². The van der Waals surface area contributed by atoms with Gasteiger partial charge in [0.2, 0.25) is 0 Å². The molecule has 0 N–H and O–H groups in total. The highest BCUT2D eigenvalue weighted by Crippen LogP contribution is 2.14. The van der Waals surface area contributed by atoms with Crippen LogP contribution in [0.2, 0.25) is 0 Å². The van der Waals surface area contributed by atoms with E-state index in [0.717, 1.165) is 128 Å². The molecule has 0 aliphatic carbocycles. The van der Waals surface area contributed by atoms with Crippen LogP contribution >= 0.6 is 0 Å². The van der Waals surface area contributed by atoms with Crippen molar-refractivity contribution < 1.29 is 28.6 Å². The average Bonchev–Trinajstić information content (AvgIpc) is 3.35. The van der Waals surface area contributed by atoms with Gasteiger partial charge in [-0.3, -0.25) is 14.4 Å². The summed E-state index contributed by atoms with van der Waals surface area (Å²) < 4.78 is 16.8. The number of allylic oxidation sites excluding steroid dienone is 24. The second-order valence-electron chi connectivity index (χ2n) is 17.4. The predicted octanol–water partition coefficient (Wildman–Crippen LogP) is 18.4. The average molecular weight is 951 g/mol. The van der Waals surface area contributed by atoms with E-state index in [1.807, 2.05) is 24.3 Å². The Morgan fingerprint density at radius 1 is 0.304 bits per heavy atom. The number of hydrogen-bond acceptors (Lipinski definition) is 6. The van der Waals surface area contributed by atoms with Crippen LogP contribution in [0, 0.1) is 0 Å². The summed E-state index contributed by atoms with van der Waals surface area (Å²) in [6.45, 7) is 6.19. The molecule has 0 aliphatic heterocycles. The lowest BCUT2D eigenvalue weighted by atomic mass is 10.1. The summed E-state index contributed by atoms with van der Waals surface area (Å²) in [6.07, 6.45) is 79.8. The van der Waals surface area contributed by atoms with Crippen molar-refractivity contribution in [3.63, 3.8) is 0 Å². The van der Waals surface area contributed by atoms with Gasteiger partial charge < -0.3 is 14.2 Å². The largest absolute Gasteiger partial charge is 0.462 e. The minimum absolute atomic E-state index is 0.117. The molecule has 0 aliphatic rings. The Kier molecular flexibility index (Phi) is 52.1. The lowest BCUT2D eigenvalue weighted by Gasteiger charge is -2.18. The molecule has 0 saturated heterocycles. The molecule has 69 heavy (non-hydrogen) atoms. The lowest BCUT2D eigenvalue weighted by Crippen LogP contribution is -2.30. The van der Waals surface area contributed by atoms with Crippen molar-refractivity contribution in [2.24, 2.45) is 0 Å². The molecule has 0 radical (unpaired) electrons. The third-order valence-electron chi connectivity index (χ3n) is 10.9. The molecule has 386 valence electrons. The number of carbonyl (C=O) groups excluding carboxylic acids is 3. The van der Waals surface area contributed by atoms with Crippen molar-refractivity contribution in [1.29, 1.82) is 0 Å². The van der Waals surface area contributed by atoms with E-state index >= 15 is 0 Å². The molecule has 0 fully saturated rings. The van der Waals surface area contributed by atoms with E-state index in [4.69, 9.17) is 14.2 Å². The Morgan fingerprint density at radius 2 is 0.609 bits per heavy atom. The van der Waals surface area contributed by atoms with E-state index in [2.05, 4.69) is 142 Å². The number of esters is 3. The molecule has 0 bridgehead atoms. The number of rotatable bonds is 47. The molecule has 0 amide bonds. The van der Waals surface area contributed by atoms with Crippen LogP contribution < -0.4 is 0 Å². The van der Waals surface area contributed by atoms with Crippen molar-refractivity contribution in [3.05, 3.63) is 146 Å². The lowest BCUT2D eigenvalue weighted by molar-refractivity contribution is -0.167. The van der Waals surface area contributed by atoms with Crippen molar-refractivity contribution in [2.45, 2.75) is 219 Å². The maximum Gasteiger partial charge on any atom is 0.306 e. The minimum Gasteiger partial charge on any atom is -0.462 e. The summed E-state index contributed by atoms with van der Waals surface area (Å²) in [4.78, 5) is 38.1. The van der Waals surface area contributed by atoms with Crippen LogP contribution in [0.3, 0.4) is 0 Å². The standard InChI is InChI=1S/C63H98O6/c1-4-7-10-13-16-19-22-25-28-30-31-33-35-38-41-44-47-50-53-56-62(65)68-59-60(58-67-61(64)55-52-49-46-43-40-37-34-27-24-21-18-15-12-9-6-3)69-63(66)57-54-51-48-45-42-39-36-32-29-26-23-20-17-14-11-8-5-2/h7-12,15-21,24-29,34,36,39,45,48,60H,4-6,13-14,22-23,30-33,35,37-38,40-44,46-47,49-59H2,1-3H3/b10-7-,11-8-,12-9-,18-15-,19-16-,20-17-,24-21-,28-25-,29-26-,34-27-,39-36-,48-45-. The monoisotopic (exact) mass is 951 g/mol.